The normalized spacial score (nSPS) is 13.1. The Balaban J connectivity index is 1.45. The van der Waals surface area contributed by atoms with Crippen LogP contribution < -0.4 is 11.1 Å². The molecule has 1 aliphatic carbocycles. The van der Waals surface area contributed by atoms with E-state index in [1.807, 2.05) is 60.1 Å². The Kier molecular flexibility index (Phi) is 5.10. The van der Waals surface area contributed by atoms with Crippen molar-refractivity contribution in [2.24, 2.45) is 7.05 Å². The molecule has 0 saturated heterocycles. The highest BCUT2D eigenvalue weighted by Gasteiger charge is 2.30. The molecule has 3 N–H and O–H groups in total. The van der Waals surface area contributed by atoms with Crippen LogP contribution in [0.5, 0.6) is 0 Å². The van der Waals surface area contributed by atoms with E-state index in [9.17, 15) is 4.79 Å². The summed E-state index contributed by atoms with van der Waals surface area (Å²) in [6, 6.07) is 15.6. The number of amides is 1. The van der Waals surface area contributed by atoms with Gasteiger partial charge in [-0.15, -0.1) is 0 Å². The van der Waals surface area contributed by atoms with Crippen LogP contribution in [0.15, 0.2) is 72.0 Å². The second-order valence-corrected chi connectivity index (χ2v) is 8.82. The fourth-order valence-corrected chi connectivity index (χ4v) is 4.43. The van der Waals surface area contributed by atoms with Crippen molar-refractivity contribution < 1.29 is 9.32 Å². The van der Waals surface area contributed by atoms with Gasteiger partial charge < -0.3 is 20.1 Å². The number of nitrogens with zero attached hydrogens (tertiary/aromatic N) is 5. The number of nitrogens with one attached hydrogen (secondary N) is 1. The average molecular weight is 478 g/mol. The van der Waals surface area contributed by atoms with E-state index in [0.717, 1.165) is 51.8 Å². The fraction of sp³-hybridized carbons (Fsp3) is 0.148. The molecule has 0 aliphatic heterocycles. The minimum Gasteiger partial charge on any atom is -0.383 e. The molecule has 1 fully saturated rings. The molecule has 9 nitrogen and oxygen atoms in total. The molecule has 1 amide bonds. The molecule has 0 unspecified atom stereocenters. The van der Waals surface area contributed by atoms with Gasteiger partial charge in [0.2, 0.25) is 17.6 Å². The van der Waals surface area contributed by atoms with Gasteiger partial charge in [0.15, 0.2) is 0 Å². The first kappa shape index (κ1) is 21.7. The van der Waals surface area contributed by atoms with Crippen LogP contribution in [0.2, 0.25) is 0 Å². The Labute approximate surface area is 206 Å². The molecule has 3 aromatic heterocycles. The van der Waals surface area contributed by atoms with Gasteiger partial charge in [-0.1, -0.05) is 48.1 Å². The van der Waals surface area contributed by atoms with Crippen molar-refractivity contribution in [1.29, 1.82) is 0 Å². The van der Waals surface area contributed by atoms with Gasteiger partial charge in [-0.25, -0.2) is 9.97 Å². The first-order chi connectivity index (χ1) is 17.5. The smallest absolute Gasteiger partial charge is 0.247 e. The Morgan fingerprint density at radius 1 is 1.08 bits per heavy atom. The summed E-state index contributed by atoms with van der Waals surface area (Å²) in [4.78, 5) is 25.0. The van der Waals surface area contributed by atoms with Gasteiger partial charge in [-0.3, -0.25) is 4.79 Å². The van der Waals surface area contributed by atoms with Gasteiger partial charge in [-0.05, 0) is 42.2 Å². The number of rotatable bonds is 6. The van der Waals surface area contributed by atoms with Crippen LogP contribution in [0.1, 0.15) is 24.7 Å². The van der Waals surface area contributed by atoms with Gasteiger partial charge in [0.25, 0.3) is 0 Å². The highest BCUT2D eigenvalue weighted by atomic mass is 16.5. The van der Waals surface area contributed by atoms with Gasteiger partial charge in [0.05, 0.1) is 11.1 Å². The zero-order chi connectivity index (χ0) is 24.8. The van der Waals surface area contributed by atoms with E-state index in [1.54, 1.807) is 0 Å². The van der Waals surface area contributed by atoms with Crippen molar-refractivity contribution in [2.75, 3.05) is 11.1 Å². The maximum absolute atomic E-state index is 11.7. The van der Waals surface area contributed by atoms with Gasteiger partial charge in [-0.2, -0.15) is 4.98 Å². The topological polar surface area (TPSA) is 125 Å². The number of fused-ring (bicyclic) bond motifs is 1. The van der Waals surface area contributed by atoms with E-state index in [0.29, 0.717) is 29.1 Å². The van der Waals surface area contributed by atoms with E-state index in [-0.39, 0.29) is 5.91 Å². The minimum absolute atomic E-state index is 0.262. The molecule has 178 valence electrons. The second kappa shape index (κ2) is 8.46. The number of benzene rings is 2. The molecule has 5 aromatic rings. The first-order valence-electron chi connectivity index (χ1n) is 11.6. The summed E-state index contributed by atoms with van der Waals surface area (Å²) in [6.07, 6.45) is 4.92. The zero-order valence-corrected chi connectivity index (χ0v) is 19.6. The molecule has 1 aliphatic rings. The molecule has 0 bridgehead atoms. The van der Waals surface area contributed by atoms with Crippen molar-refractivity contribution in [1.82, 2.24) is 24.7 Å². The molecule has 1 saturated carbocycles. The van der Waals surface area contributed by atoms with Crippen molar-refractivity contribution in [3.8, 4) is 33.8 Å². The summed E-state index contributed by atoms with van der Waals surface area (Å²) in [5.41, 5.74) is 12.4. The lowest BCUT2D eigenvalue weighted by Crippen LogP contribution is -2.06. The van der Waals surface area contributed by atoms with E-state index < -0.39 is 0 Å². The quantitative estimate of drug-likeness (QED) is 0.332. The molecule has 6 rings (SSSR count). The number of hydrogen-bond donors (Lipinski definition) is 2. The lowest BCUT2D eigenvalue weighted by molar-refractivity contribution is -0.111. The lowest BCUT2D eigenvalue weighted by Gasteiger charge is -2.10. The SMILES string of the molecule is C=CC(=O)Nc1ccc(-c2c(-c3ccc(-c4noc(C5CC5)n4)cc3)c3c(N)ncnc3n2C)cc1. The predicted molar refractivity (Wildman–Crippen MR) is 138 cm³/mol. The largest absolute Gasteiger partial charge is 0.383 e. The van der Waals surface area contributed by atoms with Crippen LogP contribution in [0.25, 0.3) is 44.8 Å². The number of nitrogens with two attached hydrogens (primary N) is 1. The Bertz CT molecular complexity index is 1610. The number of hydrogen-bond acceptors (Lipinski definition) is 7. The van der Waals surface area contributed by atoms with E-state index in [4.69, 9.17) is 10.3 Å². The van der Waals surface area contributed by atoms with E-state index >= 15 is 0 Å². The van der Waals surface area contributed by atoms with Crippen molar-refractivity contribution in [3.05, 3.63) is 73.4 Å². The lowest BCUT2D eigenvalue weighted by atomic mass is 9.97. The minimum atomic E-state index is -0.262. The van der Waals surface area contributed by atoms with Crippen LogP contribution >= 0.6 is 0 Å². The summed E-state index contributed by atoms with van der Waals surface area (Å²) >= 11 is 0. The Morgan fingerprint density at radius 3 is 2.47 bits per heavy atom. The Morgan fingerprint density at radius 2 is 1.78 bits per heavy atom. The molecule has 0 radical (unpaired) electrons. The maximum Gasteiger partial charge on any atom is 0.247 e. The molecule has 3 heterocycles. The van der Waals surface area contributed by atoms with E-state index in [1.165, 1.54) is 12.4 Å². The second-order valence-electron chi connectivity index (χ2n) is 8.82. The standard InChI is InChI=1S/C27H23N7O2/c1-3-20(35)31-19-12-10-16(11-13-19)23-21(22-24(28)29-14-30-26(22)34(23)2)15-4-6-17(7-5-15)25-32-27(36-33-25)18-8-9-18/h3-7,10-14,18H,1,8-9H2,2H3,(H,31,35)(H2,28,29,30). The molecule has 0 atom stereocenters. The molecule has 2 aromatic carbocycles. The molecular formula is C27H23N7O2. The van der Waals surface area contributed by atoms with Crippen LogP contribution in [-0.2, 0) is 11.8 Å². The summed E-state index contributed by atoms with van der Waals surface area (Å²) in [7, 11) is 1.95. The predicted octanol–water partition coefficient (Wildman–Crippen LogP) is 4.94. The Hall–Kier alpha value is -4.79. The monoisotopic (exact) mass is 477 g/mol. The van der Waals surface area contributed by atoms with Crippen LogP contribution in [0, 0.1) is 0 Å². The van der Waals surface area contributed by atoms with Crippen LogP contribution in [0.3, 0.4) is 0 Å². The third kappa shape index (κ3) is 3.70. The average Bonchev–Trinajstić information content (AvgIpc) is 3.55. The number of anilines is 2. The van der Waals surface area contributed by atoms with Gasteiger partial charge in [0.1, 0.15) is 17.8 Å². The van der Waals surface area contributed by atoms with Crippen molar-refractivity contribution >= 4 is 28.4 Å². The molecule has 9 heteroatoms. The number of carbonyl (C=O) groups excluding carboxylic acids is 1. The summed E-state index contributed by atoms with van der Waals surface area (Å²) in [6.45, 7) is 3.50. The highest BCUT2D eigenvalue weighted by molar-refractivity contribution is 6.08. The van der Waals surface area contributed by atoms with Crippen LogP contribution in [0.4, 0.5) is 11.5 Å². The molecule has 0 spiro atoms. The van der Waals surface area contributed by atoms with Gasteiger partial charge in [0, 0.05) is 29.8 Å². The number of carbonyl (C=O) groups is 1. The van der Waals surface area contributed by atoms with Gasteiger partial charge >= 0.3 is 0 Å². The molecule has 36 heavy (non-hydrogen) atoms. The molecular weight excluding hydrogens is 454 g/mol. The number of aromatic nitrogens is 5. The van der Waals surface area contributed by atoms with Crippen LogP contribution in [-0.4, -0.2) is 30.6 Å². The van der Waals surface area contributed by atoms with E-state index in [2.05, 4.69) is 32.0 Å². The summed E-state index contributed by atoms with van der Waals surface area (Å²) in [5, 5.41) is 7.71. The highest BCUT2D eigenvalue weighted by Crippen LogP contribution is 2.42. The number of aryl methyl sites for hydroxylation is 1. The fourth-order valence-electron chi connectivity index (χ4n) is 4.43. The summed E-state index contributed by atoms with van der Waals surface area (Å²) < 4.78 is 7.43. The maximum atomic E-state index is 11.7. The zero-order valence-electron chi connectivity index (χ0n) is 19.6. The van der Waals surface area contributed by atoms with Crippen molar-refractivity contribution in [2.45, 2.75) is 18.8 Å². The first-order valence-corrected chi connectivity index (χ1v) is 11.6. The number of nitrogen functional groups attached to an aromatic ring is 1. The third-order valence-electron chi connectivity index (χ3n) is 6.41. The third-order valence-corrected chi connectivity index (χ3v) is 6.41. The summed E-state index contributed by atoms with van der Waals surface area (Å²) in [5.74, 6) is 1.85. The van der Waals surface area contributed by atoms with Crippen molar-refractivity contribution in [3.63, 3.8) is 0 Å².